The van der Waals surface area contributed by atoms with E-state index < -0.39 is 6.10 Å². The van der Waals surface area contributed by atoms with Gasteiger partial charge >= 0.3 is 0 Å². The average Bonchev–Trinajstić information content (AvgIpc) is 2.88. The van der Waals surface area contributed by atoms with E-state index in [2.05, 4.69) is 26.0 Å². The topological polar surface area (TPSA) is 50.9 Å². The number of aliphatic hydroxyl groups excluding tert-OH is 1. The van der Waals surface area contributed by atoms with Gasteiger partial charge in [-0.3, -0.25) is 4.68 Å². The quantitative estimate of drug-likeness (QED) is 0.784. The van der Waals surface area contributed by atoms with E-state index >= 15 is 0 Å². The Balaban J connectivity index is 2.08. The maximum atomic E-state index is 10.7. The first-order valence-electron chi connectivity index (χ1n) is 6.84. The molecule has 0 saturated heterocycles. The molecule has 1 unspecified atom stereocenters. The van der Waals surface area contributed by atoms with Gasteiger partial charge in [-0.15, -0.1) is 0 Å². The molecule has 4 nitrogen and oxygen atoms in total. The van der Waals surface area contributed by atoms with Crippen molar-refractivity contribution in [2.24, 2.45) is 0 Å². The number of hydrogen-bond acceptors (Lipinski definition) is 3. The average molecular weight is 346 g/mol. The van der Waals surface area contributed by atoms with Crippen LogP contribution in [0.5, 0.6) is 0 Å². The van der Waals surface area contributed by atoms with Gasteiger partial charge in [-0.1, -0.05) is 24.3 Å². The van der Waals surface area contributed by atoms with Crippen molar-refractivity contribution in [1.82, 2.24) is 14.8 Å². The van der Waals surface area contributed by atoms with Crippen molar-refractivity contribution < 1.29 is 5.11 Å². The van der Waals surface area contributed by atoms with Crippen molar-refractivity contribution in [3.63, 3.8) is 0 Å². The normalized spacial score (nSPS) is 13.0. The van der Waals surface area contributed by atoms with Crippen LogP contribution in [0.4, 0.5) is 0 Å². The molecule has 0 aliphatic heterocycles. The van der Waals surface area contributed by atoms with E-state index in [0.29, 0.717) is 5.69 Å². The molecule has 0 saturated carbocycles. The van der Waals surface area contributed by atoms with Crippen LogP contribution in [0.3, 0.4) is 0 Å². The number of hydrogen-bond donors (Lipinski definition) is 1. The molecule has 0 spiro atoms. The van der Waals surface area contributed by atoms with Crippen LogP contribution in [0.1, 0.15) is 37.4 Å². The van der Waals surface area contributed by atoms with Crippen LogP contribution < -0.4 is 0 Å². The Kier molecular flexibility index (Phi) is 3.78. The molecule has 108 valence electrons. The van der Waals surface area contributed by atoms with E-state index in [1.54, 1.807) is 6.20 Å². The Hall–Kier alpha value is -1.72. The number of nitrogens with zero attached hydrogens (tertiary/aromatic N) is 3. The standard InChI is InChI=1S/C16H16BrN3O/c1-10(2)20-15(12(17)9-18-20)16(21)14-8-7-11-5-3-4-6-13(11)19-14/h3-10,16,21H,1-2H3. The number of fused-ring (bicyclic) bond motifs is 1. The first kappa shape index (κ1) is 14.2. The summed E-state index contributed by atoms with van der Waals surface area (Å²) >= 11 is 3.46. The molecule has 5 heteroatoms. The van der Waals surface area contributed by atoms with Gasteiger partial charge in [-0.25, -0.2) is 4.98 Å². The van der Waals surface area contributed by atoms with Crippen LogP contribution in [-0.4, -0.2) is 19.9 Å². The second-order valence-electron chi connectivity index (χ2n) is 5.25. The van der Waals surface area contributed by atoms with E-state index in [1.807, 2.05) is 54.9 Å². The molecule has 1 N–H and O–H groups in total. The van der Waals surface area contributed by atoms with Gasteiger partial charge in [0.1, 0.15) is 6.10 Å². The first-order chi connectivity index (χ1) is 10.1. The molecule has 0 fully saturated rings. The van der Waals surface area contributed by atoms with Gasteiger partial charge in [0, 0.05) is 11.4 Å². The van der Waals surface area contributed by atoms with E-state index in [-0.39, 0.29) is 6.04 Å². The molecule has 2 aromatic heterocycles. The summed E-state index contributed by atoms with van der Waals surface area (Å²) < 4.78 is 2.60. The Morgan fingerprint density at radius 3 is 2.67 bits per heavy atom. The van der Waals surface area contributed by atoms with Gasteiger partial charge in [0.25, 0.3) is 0 Å². The zero-order chi connectivity index (χ0) is 15.0. The Morgan fingerprint density at radius 2 is 1.90 bits per heavy atom. The third-order valence-electron chi connectivity index (χ3n) is 3.44. The van der Waals surface area contributed by atoms with Crippen LogP contribution in [0.15, 0.2) is 47.1 Å². The predicted molar refractivity (Wildman–Crippen MR) is 86.1 cm³/mol. The molecule has 0 bridgehead atoms. The summed E-state index contributed by atoms with van der Waals surface area (Å²) in [6.45, 7) is 4.06. The molecular formula is C16H16BrN3O. The largest absolute Gasteiger partial charge is 0.380 e. The number of halogens is 1. The molecular weight excluding hydrogens is 330 g/mol. The highest BCUT2D eigenvalue weighted by molar-refractivity contribution is 9.10. The summed E-state index contributed by atoms with van der Waals surface area (Å²) in [6, 6.07) is 11.9. The van der Waals surface area contributed by atoms with Crippen LogP contribution in [0, 0.1) is 0 Å². The second-order valence-corrected chi connectivity index (χ2v) is 6.10. The van der Waals surface area contributed by atoms with Crippen molar-refractivity contribution >= 4 is 26.8 Å². The highest BCUT2D eigenvalue weighted by Crippen LogP contribution is 2.30. The summed E-state index contributed by atoms with van der Waals surface area (Å²) in [4.78, 5) is 4.56. The number of rotatable bonds is 3. The van der Waals surface area contributed by atoms with Gasteiger partial charge in [-0.05, 0) is 41.9 Å². The van der Waals surface area contributed by atoms with Crippen molar-refractivity contribution in [2.75, 3.05) is 0 Å². The van der Waals surface area contributed by atoms with E-state index in [9.17, 15) is 5.11 Å². The first-order valence-corrected chi connectivity index (χ1v) is 7.64. The summed E-state index contributed by atoms with van der Waals surface area (Å²) in [7, 11) is 0. The minimum atomic E-state index is -0.811. The molecule has 1 atom stereocenters. The molecule has 0 radical (unpaired) electrons. The molecule has 0 aliphatic rings. The van der Waals surface area contributed by atoms with Crippen molar-refractivity contribution in [3.8, 4) is 0 Å². The SMILES string of the molecule is CC(C)n1ncc(Br)c1C(O)c1ccc2ccccc2n1. The van der Waals surface area contributed by atoms with Gasteiger partial charge in [-0.2, -0.15) is 5.10 Å². The summed E-state index contributed by atoms with van der Waals surface area (Å²) in [5.41, 5.74) is 2.23. The smallest absolute Gasteiger partial charge is 0.139 e. The minimum absolute atomic E-state index is 0.168. The molecule has 1 aromatic carbocycles. The molecule has 0 aliphatic carbocycles. The number of aromatic nitrogens is 3. The predicted octanol–water partition coefficient (Wildman–Crippen LogP) is 3.86. The lowest BCUT2D eigenvalue weighted by atomic mass is 10.1. The Morgan fingerprint density at radius 1 is 1.14 bits per heavy atom. The van der Waals surface area contributed by atoms with Gasteiger partial charge < -0.3 is 5.11 Å². The highest BCUT2D eigenvalue weighted by Gasteiger charge is 2.22. The Labute approximate surface area is 131 Å². The summed E-state index contributed by atoms with van der Waals surface area (Å²) in [5.74, 6) is 0. The second kappa shape index (κ2) is 5.58. The van der Waals surface area contributed by atoms with Crippen LogP contribution in [0.2, 0.25) is 0 Å². The van der Waals surface area contributed by atoms with Crippen molar-refractivity contribution in [1.29, 1.82) is 0 Å². The highest BCUT2D eigenvalue weighted by atomic mass is 79.9. The van der Waals surface area contributed by atoms with E-state index in [0.717, 1.165) is 21.1 Å². The third-order valence-corrected chi connectivity index (χ3v) is 4.05. The number of pyridine rings is 1. The minimum Gasteiger partial charge on any atom is -0.380 e. The zero-order valence-corrected chi connectivity index (χ0v) is 13.4. The molecule has 0 amide bonds. The maximum absolute atomic E-state index is 10.7. The lowest BCUT2D eigenvalue weighted by Gasteiger charge is -2.16. The lowest BCUT2D eigenvalue weighted by Crippen LogP contribution is -2.13. The summed E-state index contributed by atoms with van der Waals surface area (Å²) in [6.07, 6.45) is 0.897. The van der Waals surface area contributed by atoms with Crippen LogP contribution in [0.25, 0.3) is 10.9 Å². The monoisotopic (exact) mass is 345 g/mol. The molecule has 2 heterocycles. The number of para-hydroxylation sites is 1. The summed E-state index contributed by atoms with van der Waals surface area (Å²) in [5, 5.41) is 16.1. The number of benzene rings is 1. The fraction of sp³-hybridized carbons (Fsp3) is 0.250. The third kappa shape index (κ3) is 2.59. The van der Waals surface area contributed by atoms with Gasteiger partial charge in [0.15, 0.2) is 0 Å². The van der Waals surface area contributed by atoms with Gasteiger partial charge in [0.2, 0.25) is 0 Å². The fourth-order valence-electron chi connectivity index (χ4n) is 2.39. The van der Waals surface area contributed by atoms with Crippen molar-refractivity contribution in [2.45, 2.75) is 26.0 Å². The lowest BCUT2D eigenvalue weighted by molar-refractivity contribution is 0.200. The van der Waals surface area contributed by atoms with Gasteiger partial charge in [0.05, 0.1) is 27.6 Å². The van der Waals surface area contributed by atoms with Crippen LogP contribution >= 0.6 is 15.9 Å². The zero-order valence-electron chi connectivity index (χ0n) is 11.9. The van der Waals surface area contributed by atoms with Crippen LogP contribution in [-0.2, 0) is 0 Å². The number of aliphatic hydroxyl groups is 1. The van der Waals surface area contributed by atoms with E-state index in [1.165, 1.54) is 0 Å². The maximum Gasteiger partial charge on any atom is 0.139 e. The molecule has 21 heavy (non-hydrogen) atoms. The fourth-order valence-corrected chi connectivity index (χ4v) is 2.88. The molecule has 3 aromatic rings. The van der Waals surface area contributed by atoms with Crippen molar-refractivity contribution in [3.05, 3.63) is 58.5 Å². The molecule has 3 rings (SSSR count). The van der Waals surface area contributed by atoms with E-state index in [4.69, 9.17) is 0 Å². The Bertz CT molecular complexity index is 782.